The van der Waals surface area contributed by atoms with E-state index in [-0.39, 0.29) is 48.3 Å². The Hall–Kier alpha value is -1.68. The molecule has 5 fully saturated rings. The van der Waals surface area contributed by atoms with Gasteiger partial charge in [0, 0.05) is 57.2 Å². The first-order valence-corrected chi connectivity index (χ1v) is 24.0. The molecule has 6 aliphatic rings. The first-order chi connectivity index (χ1) is 28.1. The standard InChI is InChI=1S/C48H79N3O7/c1-58-47-26-36-15-19-45(56)41(44(55)9-5-8-32(21-23-52)38-24-37-13-17-40(54)28-43(37)51-30-38)18-14-33(42(36)29-46(47)57)12-16-39(53)25-34(35-20-22-50-48(49)27-35)11-10-31-6-3-2-4-7-31/h10-11,31-39,41-44,46-48,50-53,55,57H,2-9,12-13,15-17,19-30,49H2,1H3/p+2/t32-,33-,34+,35?,36?,37+,38-,39+,41-,42?,43-,44-,46?,47?,48?/m1/s1. The molecule has 10 heteroatoms. The summed E-state index contributed by atoms with van der Waals surface area (Å²) in [5, 5.41) is 49.1. The van der Waals surface area contributed by atoms with E-state index in [9.17, 15) is 30.0 Å². The Labute approximate surface area is 349 Å². The van der Waals surface area contributed by atoms with Gasteiger partial charge in [-0.2, -0.15) is 0 Å². The quantitative estimate of drug-likeness (QED) is 0.0862. The third-order valence-corrected chi connectivity index (χ3v) is 16.1. The highest BCUT2D eigenvalue weighted by Gasteiger charge is 2.43. The van der Waals surface area contributed by atoms with E-state index < -0.39 is 24.2 Å². The highest BCUT2D eigenvalue weighted by atomic mass is 16.5. The molecule has 2 heterocycles. The van der Waals surface area contributed by atoms with Crippen molar-refractivity contribution >= 4 is 11.6 Å². The topological polar surface area (TPSA) is 184 Å². The number of quaternary nitrogens is 2. The Kier molecular flexibility index (Phi) is 18.1. The fourth-order valence-corrected chi connectivity index (χ4v) is 12.5. The molecule has 0 aromatic rings. The summed E-state index contributed by atoms with van der Waals surface area (Å²) in [5.41, 5.74) is 6.42. The summed E-state index contributed by atoms with van der Waals surface area (Å²) in [5.74, 6) is 9.45. The van der Waals surface area contributed by atoms with Gasteiger partial charge < -0.3 is 35.8 Å². The predicted octanol–water partition coefficient (Wildman–Crippen LogP) is 3.38. The smallest absolute Gasteiger partial charge is 0.150 e. The Morgan fingerprint density at radius 3 is 2.48 bits per heavy atom. The zero-order valence-corrected chi connectivity index (χ0v) is 35.8. The first kappa shape index (κ1) is 45.8. The van der Waals surface area contributed by atoms with E-state index in [1.165, 1.54) is 32.1 Å². The molecule has 3 saturated carbocycles. The Balaban J connectivity index is 1.10. The Morgan fingerprint density at radius 1 is 0.897 bits per heavy atom. The number of ether oxygens (including phenoxy) is 1. The van der Waals surface area contributed by atoms with Crippen LogP contribution in [0.2, 0.25) is 0 Å². The molecule has 4 aliphatic carbocycles. The Morgan fingerprint density at radius 2 is 1.71 bits per heavy atom. The van der Waals surface area contributed by atoms with Crippen LogP contribution in [0.15, 0.2) is 12.2 Å². The van der Waals surface area contributed by atoms with Crippen LogP contribution in [0, 0.1) is 71.0 Å². The van der Waals surface area contributed by atoms with E-state index >= 15 is 0 Å². The van der Waals surface area contributed by atoms with Crippen molar-refractivity contribution in [2.75, 3.05) is 26.8 Å². The number of aliphatic hydroxyl groups is 4. The summed E-state index contributed by atoms with van der Waals surface area (Å²) in [6.45, 7) is 2.15. The minimum Gasteiger partial charge on any atom is -0.396 e. The molecule has 0 aromatic carbocycles. The minimum atomic E-state index is -0.860. The van der Waals surface area contributed by atoms with Crippen molar-refractivity contribution in [1.82, 2.24) is 0 Å². The van der Waals surface area contributed by atoms with Crippen LogP contribution in [0.4, 0.5) is 0 Å². The second-order valence-electron chi connectivity index (χ2n) is 19.9. The van der Waals surface area contributed by atoms with Gasteiger partial charge in [0.2, 0.25) is 0 Å². The van der Waals surface area contributed by atoms with E-state index in [4.69, 9.17) is 10.5 Å². The van der Waals surface area contributed by atoms with Crippen LogP contribution in [-0.4, -0.2) is 95.4 Å². The highest BCUT2D eigenvalue weighted by Crippen LogP contribution is 2.42. The number of hydrogen-bond donors (Lipinski definition) is 7. The summed E-state index contributed by atoms with van der Waals surface area (Å²) < 4.78 is 5.71. The molecular formula is C48H81N3O7+2. The minimum absolute atomic E-state index is 0.00160. The molecule has 2 aliphatic heterocycles. The second-order valence-corrected chi connectivity index (χ2v) is 19.9. The molecule has 10 nitrogen and oxygen atoms in total. The number of rotatable bonds is 17. The molecule has 328 valence electrons. The molecule has 2 saturated heterocycles. The zero-order chi connectivity index (χ0) is 41.0. The number of piperidine rings is 2. The van der Waals surface area contributed by atoms with Crippen molar-refractivity contribution in [3.05, 3.63) is 12.2 Å². The largest absolute Gasteiger partial charge is 0.396 e. The maximum atomic E-state index is 13.8. The predicted molar refractivity (Wildman–Crippen MR) is 225 cm³/mol. The lowest BCUT2D eigenvalue weighted by Crippen LogP contribution is -2.95. The van der Waals surface area contributed by atoms with Gasteiger partial charge in [0.1, 0.15) is 23.7 Å². The molecule has 0 amide bonds. The fourth-order valence-electron chi connectivity index (χ4n) is 12.5. The number of methoxy groups -OCH3 is 1. The van der Waals surface area contributed by atoms with Crippen LogP contribution < -0.4 is 16.4 Å². The summed E-state index contributed by atoms with van der Waals surface area (Å²) in [4.78, 5) is 25.9. The van der Waals surface area contributed by atoms with Gasteiger partial charge in [-0.25, -0.2) is 0 Å². The van der Waals surface area contributed by atoms with Gasteiger partial charge >= 0.3 is 0 Å². The normalized spacial score (nSPS) is 37.3. The van der Waals surface area contributed by atoms with Gasteiger partial charge in [-0.3, -0.25) is 15.3 Å². The maximum absolute atomic E-state index is 13.8. The highest BCUT2D eigenvalue weighted by molar-refractivity contribution is 5.84. The van der Waals surface area contributed by atoms with Crippen LogP contribution in [0.3, 0.4) is 0 Å². The van der Waals surface area contributed by atoms with E-state index in [0.717, 1.165) is 58.0 Å². The number of aliphatic hydroxyl groups excluding tert-OH is 4. The number of fused-ring (bicyclic) bond motifs is 2. The lowest BCUT2D eigenvalue weighted by atomic mass is 9.67. The monoisotopic (exact) mass is 812 g/mol. The first-order valence-electron chi connectivity index (χ1n) is 24.0. The van der Waals surface area contributed by atoms with Crippen LogP contribution in [0.5, 0.6) is 0 Å². The van der Waals surface area contributed by atoms with Crippen molar-refractivity contribution in [3.8, 4) is 11.8 Å². The van der Waals surface area contributed by atoms with Crippen molar-refractivity contribution in [1.29, 1.82) is 0 Å². The second kappa shape index (κ2) is 23.0. The molecule has 58 heavy (non-hydrogen) atoms. The lowest BCUT2D eigenvalue weighted by Gasteiger charge is -2.41. The fraction of sp³-hybridized carbons (Fsp3) is 0.875. The van der Waals surface area contributed by atoms with Gasteiger partial charge in [-0.1, -0.05) is 49.7 Å². The van der Waals surface area contributed by atoms with Crippen LogP contribution in [0.1, 0.15) is 141 Å². The maximum Gasteiger partial charge on any atom is 0.150 e. The summed E-state index contributed by atoms with van der Waals surface area (Å²) in [6.07, 6.45) is 21.9. The molecule has 0 radical (unpaired) electrons. The summed E-state index contributed by atoms with van der Waals surface area (Å²) in [6, 6.07) is 0.409. The molecule has 15 atom stereocenters. The molecule has 0 aromatic heterocycles. The third-order valence-electron chi connectivity index (χ3n) is 16.1. The van der Waals surface area contributed by atoms with Gasteiger partial charge in [0.15, 0.2) is 0 Å². The average Bonchev–Trinajstić information content (AvgIpc) is 3.28. The number of carbonyl (C=O) groups excluding carboxylic acids is 2. The van der Waals surface area contributed by atoms with Gasteiger partial charge in [-0.15, -0.1) is 0 Å². The van der Waals surface area contributed by atoms with Gasteiger partial charge in [0.05, 0.1) is 50.0 Å². The molecule has 6 rings (SSSR count). The number of ketones is 2. The molecule has 0 bridgehead atoms. The number of carbonyl (C=O) groups is 2. The average molecular weight is 812 g/mol. The summed E-state index contributed by atoms with van der Waals surface area (Å²) >= 11 is 0. The Bertz CT molecular complexity index is 1380. The van der Waals surface area contributed by atoms with Crippen molar-refractivity contribution < 1.29 is 45.4 Å². The SMILES string of the molecule is COC1CC2CCC(=O)[C@@H]([C@H](O)CCC[C@H](CCO)[C@H]3C[NH2+][C@@H]4CC(=O)CC[C@H]4C3)C#C[C@@H](CC[C@H](O)C[C@H](C=CC3CCCCC3)C3CC[NH2+]C(N)C3)C2CC1O. The van der Waals surface area contributed by atoms with E-state index in [1.54, 1.807) is 7.11 Å². The zero-order valence-electron chi connectivity index (χ0n) is 35.8. The van der Waals surface area contributed by atoms with Crippen molar-refractivity contribution in [2.45, 2.75) is 178 Å². The number of nitrogens with two attached hydrogens (primary N) is 3. The van der Waals surface area contributed by atoms with Crippen LogP contribution >= 0.6 is 0 Å². The van der Waals surface area contributed by atoms with Gasteiger partial charge in [0.25, 0.3) is 0 Å². The van der Waals surface area contributed by atoms with Crippen molar-refractivity contribution in [2.24, 2.45) is 64.9 Å². The van der Waals surface area contributed by atoms with E-state index in [2.05, 4.69) is 34.6 Å². The molecule has 6 unspecified atom stereocenters. The molecule has 10 N–H and O–H groups in total. The lowest BCUT2D eigenvalue weighted by molar-refractivity contribution is -0.712. The van der Waals surface area contributed by atoms with E-state index in [1.807, 2.05) is 0 Å². The third kappa shape index (κ3) is 12.9. The van der Waals surface area contributed by atoms with Crippen molar-refractivity contribution in [3.63, 3.8) is 0 Å². The number of allylic oxidation sites excluding steroid dienone is 2. The van der Waals surface area contributed by atoms with Gasteiger partial charge in [-0.05, 0) is 119 Å². The molecule has 0 spiro atoms. The van der Waals surface area contributed by atoms with E-state index in [0.29, 0.717) is 106 Å². The van der Waals surface area contributed by atoms with Crippen LogP contribution in [0.25, 0.3) is 0 Å². The number of Topliss-reactive ketones (excluding diaryl/α,β-unsaturated/α-hetero) is 2. The van der Waals surface area contributed by atoms with Crippen LogP contribution in [-0.2, 0) is 14.3 Å². The number of hydrogen-bond acceptors (Lipinski definition) is 8. The molecular weight excluding hydrogens is 731 g/mol. The summed E-state index contributed by atoms with van der Waals surface area (Å²) in [7, 11) is 1.65.